The number of aliphatic hydroxyl groups excluding tert-OH is 1. The van der Waals surface area contributed by atoms with Gasteiger partial charge in [-0.3, -0.25) is 9.59 Å². The number of aliphatic hydroxyl groups is 1. The highest BCUT2D eigenvalue weighted by Crippen LogP contribution is 2.21. The van der Waals surface area contributed by atoms with Gasteiger partial charge in [0.25, 0.3) is 0 Å². The third kappa shape index (κ3) is 18.4. The Balaban J connectivity index is 3.96. The Kier molecular flexibility index (Phi) is 18.6. The van der Waals surface area contributed by atoms with Crippen LogP contribution in [-0.2, 0) is 9.59 Å². The molecule has 0 bridgehead atoms. The number of rotatable bonds is 20. The highest BCUT2D eigenvalue weighted by atomic mass is 32.2. The van der Waals surface area contributed by atoms with Gasteiger partial charge in [-0.25, -0.2) is 0 Å². The standard InChI is InChI=1S/C22H41NO4S/c1-2-3-4-5-6-7-8-9-10-11-12-13-14-20(28-18-17-22(26)27)19(24)15-16-21(23)25/h13-14,19-20,24H,2-12,15-18H2,1H3,(H2,23,25)(H,26,27). The molecule has 0 fully saturated rings. The maximum Gasteiger partial charge on any atom is 0.304 e. The maximum absolute atomic E-state index is 10.9. The summed E-state index contributed by atoms with van der Waals surface area (Å²) in [7, 11) is 0. The third-order valence-corrected chi connectivity index (χ3v) is 6.04. The zero-order valence-electron chi connectivity index (χ0n) is 17.6. The number of thioether (sulfide) groups is 1. The molecule has 0 aromatic heterocycles. The van der Waals surface area contributed by atoms with Crippen molar-refractivity contribution in [3.05, 3.63) is 12.2 Å². The van der Waals surface area contributed by atoms with E-state index < -0.39 is 18.0 Å². The van der Waals surface area contributed by atoms with E-state index in [9.17, 15) is 14.7 Å². The predicted molar refractivity (Wildman–Crippen MR) is 119 cm³/mol. The first-order valence-corrected chi connectivity index (χ1v) is 12.0. The van der Waals surface area contributed by atoms with Crippen molar-refractivity contribution in [1.29, 1.82) is 0 Å². The summed E-state index contributed by atoms with van der Waals surface area (Å²) in [6.07, 6.45) is 17.9. The summed E-state index contributed by atoms with van der Waals surface area (Å²) in [4.78, 5) is 21.6. The minimum atomic E-state index is -0.841. The monoisotopic (exact) mass is 415 g/mol. The number of aliphatic carboxylic acids is 1. The number of primary amides is 1. The molecule has 0 aliphatic heterocycles. The number of carbonyl (C=O) groups is 2. The van der Waals surface area contributed by atoms with Gasteiger partial charge in [-0.2, -0.15) is 11.8 Å². The summed E-state index contributed by atoms with van der Waals surface area (Å²) in [5.74, 6) is -0.828. The van der Waals surface area contributed by atoms with Crippen LogP contribution in [0.1, 0.15) is 96.8 Å². The van der Waals surface area contributed by atoms with Gasteiger partial charge >= 0.3 is 5.97 Å². The molecule has 0 aliphatic carbocycles. The van der Waals surface area contributed by atoms with E-state index in [0.29, 0.717) is 12.2 Å². The molecule has 164 valence electrons. The molecule has 0 spiro atoms. The number of hydrogen-bond donors (Lipinski definition) is 3. The Hall–Kier alpha value is -1.01. The third-order valence-electron chi connectivity index (χ3n) is 4.74. The Morgan fingerprint density at radius 1 is 0.964 bits per heavy atom. The van der Waals surface area contributed by atoms with Crippen LogP contribution in [0.2, 0.25) is 0 Å². The van der Waals surface area contributed by atoms with Crippen molar-refractivity contribution < 1.29 is 19.8 Å². The molecule has 0 aromatic carbocycles. The van der Waals surface area contributed by atoms with Crippen LogP contribution in [0, 0.1) is 0 Å². The second kappa shape index (κ2) is 19.3. The fourth-order valence-corrected chi connectivity index (χ4v) is 4.16. The number of allylic oxidation sites excluding steroid dienone is 1. The first-order valence-electron chi connectivity index (χ1n) is 10.9. The quantitative estimate of drug-likeness (QED) is 0.191. The summed E-state index contributed by atoms with van der Waals surface area (Å²) in [5, 5.41) is 18.9. The van der Waals surface area contributed by atoms with Gasteiger partial charge in [-0.05, 0) is 19.3 Å². The zero-order chi connectivity index (χ0) is 21.0. The molecular formula is C22H41NO4S. The molecule has 2 unspecified atom stereocenters. The zero-order valence-corrected chi connectivity index (χ0v) is 18.4. The van der Waals surface area contributed by atoms with Crippen LogP contribution >= 0.6 is 11.8 Å². The van der Waals surface area contributed by atoms with E-state index >= 15 is 0 Å². The summed E-state index contributed by atoms with van der Waals surface area (Å²) in [5.41, 5.74) is 5.15. The lowest BCUT2D eigenvalue weighted by molar-refractivity contribution is -0.136. The van der Waals surface area contributed by atoms with E-state index in [2.05, 4.69) is 13.0 Å². The Morgan fingerprint density at radius 2 is 1.54 bits per heavy atom. The van der Waals surface area contributed by atoms with Crippen LogP contribution in [0.15, 0.2) is 12.2 Å². The first kappa shape index (κ1) is 27.0. The Bertz CT molecular complexity index is 429. The topological polar surface area (TPSA) is 101 Å². The molecule has 6 heteroatoms. The summed E-state index contributed by atoms with van der Waals surface area (Å²) in [6, 6.07) is 0. The highest BCUT2D eigenvalue weighted by molar-refractivity contribution is 8.00. The Morgan fingerprint density at radius 3 is 2.07 bits per heavy atom. The van der Waals surface area contributed by atoms with Crippen LogP contribution in [0.4, 0.5) is 0 Å². The maximum atomic E-state index is 10.9. The predicted octanol–water partition coefficient (Wildman–Crippen LogP) is 5.06. The fraction of sp³-hybridized carbons (Fsp3) is 0.818. The van der Waals surface area contributed by atoms with Gasteiger partial charge in [0.15, 0.2) is 0 Å². The van der Waals surface area contributed by atoms with Crippen molar-refractivity contribution in [2.45, 2.75) is 108 Å². The number of hydrogen-bond acceptors (Lipinski definition) is 4. The SMILES string of the molecule is CCCCCCCCCCCCC=CC(SCCC(=O)O)C(O)CCC(N)=O. The van der Waals surface area contributed by atoms with Gasteiger partial charge < -0.3 is 15.9 Å². The smallest absolute Gasteiger partial charge is 0.304 e. The number of carboxylic acids is 1. The van der Waals surface area contributed by atoms with Crippen LogP contribution < -0.4 is 5.73 Å². The molecule has 0 saturated carbocycles. The molecule has 28 heavy (non-hydrogen) atoms. The van der Waals surface area contributed by atoms with Crippen molar-refractivity contribution in [2.75, 3.05) is 5.75 Å². The summed E-state index contributed by atoms with van der Waals surface area (Å²) in [6.45, 7) is 2.24. The lowest BCUT2D eigenvalue weighted by Gasteiger charge is -2.19. The van der Waals surface area contributed by atoms with Crippen molar-refractivity contribution >= 4 is 23.6 Å². The second-order valence-electron chi connectivity index (χ2n) is 7.45. The molecule has 0 aliphatic rings. The van der Waals surface area contributed by atoms with Crippen LogP contribution in [-0.4, -0.2) is 39.2 Å². The van der Waals surface area contributed by atoms with E-state index in [1.807, 2.05) is 6.08 Å². The molecule has 2 atom stereocenters. The summed E-state index contributed by atoms with van der Waals surface area (Å²) >= 11 is 1.42. The van der Waals surface area contributed by atoms with E-state index in [1.54, 1.807) is 0 Å². The molecule has 4 N–H and O–H groups in total. The second-order valence-corrected chi connectivity index (χ2v) is 8.74. The molecule has 5 nitrogen and oxygen atoms in total. The van der Waals surface area contributed by atoms with Crippen molar-refractivity contribution in [3.8, 4) is 0 Å². The molecule has 1 amide bonds. The van der Waals surface area contributed by atoms with E-state index in [4.69, 9.17) is 10.8 Å². The lowest BCUT2D eigenvalue weighted by Crippen LogP contribution is -2.24. The minimum absolute atomic E-state index is 0.0655. The first-order chi connectivity index (χ1) is 13.5. The van der Waals surface area contributed by atoms with Gasteiger partial charge in [0.1, 0.15) is 0 Å². The Labute approximate surface area is 175 Å². The average Bonchev–Trinajstić information content (AvgIpc) is 2.65. The number of carbonyl (C=O) groups excluding carboxylic acids is 1. The average molecular weight is 416 g/mol. The van der Waals surface area contributed by atoms with Gasteiger partial charge in [0, 0.05) is 17.4 Å². The molecule has 0 rings (SSSR count). The molecule has 0 aromatic rings. The van der Waals surface area contributed by atoms with Gasteiger partial charge in [0.2, 0.25) is 5.91 Å². The number of amides is 1. The van der Waals surface area contributed by atoms with Gasteiger partial charge in [-0.1, -0.05) is 76.9 Å². The molecule has 0 radical (unpaired) electrons. The minimum Gasteiger partial charge on any atom is -0.481 e. The molecule has 0 saturated heterocycles. The number of unbranched alkanes of at least 4 members (excludes halogenated alkanes) is 10. The van der Waals surface area contributed by atoms with E-state index in [-0.39, 0.29) is 18.1 Å². The van der Waals surface area contributed by atoms with Gasteiger partial charge in [0.05, 0.1) is 12.5 Å². The van der Waals surface area contributed by atoms with E-state index in [1.165, 1.54) is 69.5 Å². The molecule has 0 heterocycles. The number of nitrogens with two attached hydrogens (primary N) is 1. The van der Waals surface area contributed by atoms with Crippen molar-refractivity contribution in [2.24, 2.45) is 5.73 Å². The number of carboxylic acid groups (broad SMARTS) is 1. The normalized spacial score (nSPS) is 13.6. The largest absolute Gasteiger partial charge is 0.481 e. The summed E-state index contributed by atoms with van der Waals surface area (Å²) < 4.78 is 0. The van der Waals surface area contributed by atoms with Crippen LogP contribution in [0.25, 0.3) is 0 Å². The van der Waals surface area contributed by atoms with Gasteiger partial charge in [-0.15, -0.1) is 0 Å². The van der Waals surface area contributed by atoms with Crippen molar-refractivity contribution in [3.63, 3.8) is 0 Å². The fourth-order valence-electron chi connectivity index (χ4n) is 3.01. The lowest BCUT2D eigenvalue weighted by atomic mass is 10.1. The van der Waals surface area contributed by atoms with E-state index in [0.717, 1.165) is 12.8 Å². The van der Waals surface area contributed by atoms with Crippen molar-refractivity contribution in [1.82, 2.24) is 0 Å². The molecular weight excluding hydrogens is 374 g/mol. The van der Waals surface area contributed by atoms with Crippen LogP contribution in [0.5, 0.6) is 0 Å². The highest BCUT2D eigenvalue weighted by Gasteiger charge is 2.18. The van der Waals surface area contributed by atoms with Crippen LogP contribution in [0.3, 0.4) is 0 Å².